The number of pyridine rings is 2. The lowest BCUT2D eigenvalue weighted by Gasteiger charge is -2.07. The molecule has 2 aromatic rings. The summed E-state index contributed by atoms with van der Waals surface area (Å²) in [6.07, 6.45) is 3.57. The minimum atomic E-state index is -0.234. The molecular weight excluding hydrogens is 240 g/mol. The molecule has 2 aromatic heterocycles. The second-order valence-corrected chi connectivity index (χ2v) is 4.48. The predicted octanol–water partition coefficient (Wildman–Crippen LogP) is 2.64. The van der Waals surface area contributed by atoms with Crippen LogP contribution in [0.2, 0.25) is 0 Å². The van der Waals surface area contributed by atoms with E-state index < -0.39 is 0 Å². The molecule has 0 radical (unpaired) electrons. The molecule has 0 aliphatic carbocycles. The Hall–Kier alpha value is -2.23. The highest BCUT2D eigenvalue weighted by Crippen LogP contribution is 2.13. The average Bonchev–Trinajstić information content (AvgIpc) is 2.39. The molecule has 4 heteroatoms. The highest BCUT2D eigenvalue weighted by molar-refractivity contribution is 5.72. The molecule has 0 N–H and O–H groups in total. The summed E-state index contributed by atoms with van der Waals surface area (Å²) in [5.41, 5.74) is 2.45. The monoisotopic (exact) mass is 256 g/mol. The zero-order chi connectivity index (χ0) is 13.7. The van der Waals surface area contributed by atoms with Crippen molar-refractivity contribution in [2.45, 2.75) is 26.4 Å². The number of hydrogen-bond donors (Lipinski definition) is 0. The summed E-state index contributed by atoms with van der Waals surface area (Å²) >= 11 is 0. The average molecular weight is 256 g/mol. The second kappa shape index (κ2) is 6.09. The van der Waals surface area contributed by atoms with Gasteiger partial charge in [-0.1, -0.05) is 12.1 Å². The van der Waals surface area contributed by atoms with Gasteiger partial charge in [0.05, 0.1) is 23.9 Å². The van der Waals surface area contributed by atoms with E-state index in [9.17, 15) is 4.79 Å². The van der Waals surface area contributed by atoms with Gasteiger partial charge in [0.15, 0.2) is 0 Å². The lowest BCUT2D eigenvalue weighted by atomic mass is 10.1. The number of aromatic nitrogens is 2. The third-order valence-corrected chi connectivity index (χ3v) is 2.47. The predicted molar refractivity (Wildman–Crippen MR) is 72.4 cm³/mol. The van der Waals surface area contributed by atoms with E-state index in [1.165, 1.54) is 0 Å². The Morgan fingerprint density at radius 1 is 1.16 bits per heavy atom. The molecule has 2 rings (SSSR count). The van der Waals surface area contributed by atoms with Crippen molar-refractivity contribution in [3.8, 4) is 11.4 Å². The molecule has 98 valence electrons. The van der Waals surface area contributed by atoms with Crippen molar-refractivity contribution in [1.82, 2.24) is 9.97 Å². The molecule has 0 saturated heterocycles. The van der Waals surface area contributed by atoms with Gasteiger partial charge in [-0.15, -0.1) is 0 Å². The van der Waals surface area contributed by atoms with Crippen LogP contribution in [0.1, 0.15) is 19.4 Å². The molecule has 0 unspecified atom stereocenters. The fourth-order valence-corrected chi connectivity index (χ4v) is 1.67. The first-order valence-corrected chi connectivity index (χ1v) is 6.21. The molecule has 0 aliphatic rings. The number of ether oxygens (including phenoxy) is 1. The van der Waals surface area contributed by atoms with Crippen LogP contribution in [0.25, 0.3) is 11.4 Å². The van der Waals surface area contributed by atoms with Crippen LogP contribution in [0.4, 0.5) is 0 Å². The van der Waals surface area contributed by atoms with Crippen LogP contribution in [0.3, 0.4) is 0 Å². The number of carbonyl (C=O) groups is 1. The van der Waals surface area contributed by atoms with Gasteiger partial charge in [0, 0.05) is 12.4 Å². The van der Waals surface area contributed by atoms with Gasteiger partial charge in [0.1, 0.15) is 0 Å². The van der Waals surface area contributed by atoms with Crippen molar-refractivity contribution in [3.63, 3.8) is 0 Å². The summed E-state index contributed by atoms with van der Waals surface area (Å²) in [7, 11) is 0. The Bertz CT molecular complexity index is 536. The smallest absolute Gasteiger partial charge is 0.310 e. The fourth-order valence-electron chi connectivity index (χ4n) is 1.67. The van der Waals surface area contributed by atoms with Crippen LogP contribution in [-0.4, -0.2) is 22.0 Å². The van der Waals surface area contributed by atoms with Gasteiger partial charge in [0.25, 0.3) is 0 Å². The Kier molecular flexibility index (Phi) is 4.23. The van der Waals surface area contributed by atoms with E-state index in [4.69, 9.17) is 4.74 Å². The lowest BCUT2D eigenvalue weighted by molar-refractivity contribution is -0.146. The van der Waals surface area contributed by atoms with Crippen LogP contribution in [-0.2, 0) is 16.0 Å². The van der Waals surface area contributed by atoms with Gasteiger partial charge in [-0.3, -0.25) is 14.8 Å². The third-order valence-electron chi connectivity index (χ3n) is 2.47. The van der Waals surface area contributed by atoms with E-state index in [0.29, 0.717) is 0 Å². The Labute approximate surface area is 112 Å². The van der Waals surface area contributed by atoms with Gasteiger partial charge in [-0.05, 0) is 37.6 Å². The van der Waals surface area contributed by atoms with Crippen LogP contribution < -0.4 is 0 Å². The summed E-state index contributed by atoms with van der Waals surface area (Å²) in [6.45, 7) is 3.67. The van der Waals surface area contributed by atoms with Crippen molar-refractivity contribution in [1.29, 1.82) is 0 Å². The van der Waals surface area contributed by atoms with E-state index in [0.717, 1.165) is 17.0 Å². The number of carbonyl (C=O) groups excluding carboxylic acids is 1. The van der Waals surface area contributed by atoms with E-state index in [2.05, 4.69) is 9.97 Å². The summed E-state index contributed by atoms with van der Waals surface area (Å²) in [5.74, 6) is -0.234. The molecule has 0 aliphatic heterocycles. The normalized spacial score (nSPS) is 10.5. The van der Waals surface area contributed by atoms with Gasteiger partial charge in [-0.25, -0.2) is 0 Å². The third kappa shape index (κ3) is 3.88. The Morgan fingerprint density at radius 3 is 2.53 bits per heavy atom. The maximum absolute atomic E-state index is 11.5. The summed E-state index contributed by atoms with van der Waals surface area (Å²) in [5, 5.41) is 0. The van der Waals surface area contributed by atoms with E-state index in [1.807, 2.05) is 44.2 Å². The fraction of sp³-hybridized carbons (Fsp3) is 0.267. The summed E-state index contributed by atoms with van der Waals surface area (Å²) in [4.78, 5) is 20.1. The van der Waals surface area contributed by atoms with Gasteiger partial charge >= 0.3 is 5.97 Å². The first kappa shape index (κ1) is 13.2. The lowest BCUT2D eigenvalue weighted by Crippen LogP contribution is -2.13. The Morgan fingerprint density at radius 2 is 1.95 bits per heavy atom. The number of esters is 1. The topological polar surface area (TPSA) is 52.1 Å². The van der Waals surface area contributed by atoms with Gasteiger partial charge < -0.3 is 4.74 Å². The molecule has 2 heterocycles. The molecule has 0 bridgehead atoms. The molecular formula is C15H16N2O2. The molecule has 19 heavy (non-hydrogen) atoms. The minimum absolute atomic E-state index is 0.0896. The minimum Gasteiger partial charge on any atom is -0.463 e. The zero-order valence-corrected chi connectivity index (χ0v) is 11.0. The standard InChI is InChI=1S/C15H16N2O2/c1-11(2)19-15(18)9-12-6-7-14(17-10-12)13-5-3-4-8-16-13/h3-8,10-11H,9H2,1-2H3. The highest BCUT2D eigenvalue weighted by atomic mass is 16.5. The van der Waals surface area contributed by atoms with Crippen molar-refractivity contribution >= 4 is 5.97 Å². The number of hydrogen-bond acceptors (Lipinski definition) is 4. The molecule has 0 fully saturated rings. The first-order valence-electron chi connectivity index (χ1n) is 6.21. The largest absolute Gasteiger partial charge is 0.463 e. The maximum atomic E-state index is 11.5. The van der Waals surface area contributed by atoms with E-state index >= 15 is 0 Å². The van der Waals surface area contributed by atoms with Gasteiger partial charge in [0.2, 0.25) is 0 Å². The van der Waals surface area contributed by atoms with Crippen LogP contribution in [0, 0.1) is 0 Å². The van der Waals surface area contributed by atoms with Crippen molar-refractivity contribution in [2.75, 3.05) is 0 Å². The molecule has 0 amide bonds. The van der Waals surface area contributed by atoms with Crippen molar-refractivity contribution < 1.29 is 9.53 Å². The second-order valence-electron chi connectivity index (χ2n) is 4.48. The van der Waals surface area contributed by atoms with E-state index in [-0.39, 0.29) is 18.5 Å². The maximum Gasteiger partial charge on any atom is 0.310 e. The van der Waals surface area contributed by atoms with Crippen molar-refractivity contribution in [2.24, 2.45) is 0 Å². The van der Waals surface area contributed by atoms with Crippen LogP contribution >= 0.6 is 0 Å². The summed E-state index contributed by atoms with van der Waals surface area (Å²) in [6, 6.07) is 9.41. The highest BCUT2D eigenvalue weighted by Gasteiger charge is 2.08. The molecule has 0 spiro atoms. The van der Waals surface area contributed by atoms with Gasteiger partial charge in [-0.2, -0.15) is 0 Å². The van der Waals surface area contributed by atoms with E-state index in [1.54, 1.807) is 12.4 Å². The van der Waals surface area contributed by atoms with Crippen LogP contribution in [0.5, 0.6) is 0 Å². The molecule has 0 aromatic carbocycles. The number of nitrogens with zero attached hydrogens (tertiary/aromatic N) is 2. The molecule has 4 nitrogen and oxygen atoms in total. The number of rotatable bonds is 4. The van der Waals surface area contributed by atoms with Crippen LogP contribution in [0.15, 0.2) is 42.7 Å². The molecule has 0 saturated carbocycles. The Balaban J connectivity index is 2.05. The SMILES string of the molecule is CC(C)OC(=O)Cc1ccc(-c2ccccn2)nc1. The van der Waals surface area contributed by atoms with Crippen molar-refractivity contribution in [3.05, 3.63) is 48.3 Å². The first-order chi connectivity index (χ1) is 9.15. The summed E-state index contributed by atoms with van der Waals surface area (Å²) < 4.78 is 5.09. The molecule has 0 atom stereocenters. The quantitative estimate of drug-likeness (QED) is 0.789. The zero-order valence-electron chi connectivity index (χ0n) is 11.0.